The molecule has 2 aromatic rings. The van der Waals surface area contributed by atoms with E-state index in [9.17, 15) is 4.79 Å². The first-order valence-corrected chi connectivity index (χ1v) is 11.3. The lowest BCUT2D eigenvalue weighted by molar-refractivity contribution is 0.0441. The Bertz CT molecular complexity index is 858. The van der Waals surface area contributed by atoms with Crippen LogP contribution in [0.3, 0.4) is 0 Å². The molecular formula is C24H35ClN4O. The van der Waals surface area contributed by atoms with Gasteiger partial charge in [-0.25, -0.2) is 0 Å². The predicted molar refractivity (Wildman–Crippen MR) is 123 cm³/mol. The molecule has 0 saturated carbocycles. The number of aromatic nitrogens is 2. The molecule has 1 saturated heterocycles. The molecule has 6 heteroatoms. The molecule has 0 unspecified atom stereocenters. The first kappa shape index (κ1) is 22.8. The van der Waals surface area contributed by atoms with E-state index in [0.29, 0.717) is 17.1 Å². The summed E-state index contributed by atoms with van der Waals surface area (Å²) in [6.45, 7) is 12.4. The molecule has 1 aliphatic heterocycles. The zero-order valence-corrected chi connectivity index (χ0v) is 19.7. The fraction of sp³-hybridized carbons (Fsp3) is 0.583. The maximum absolute atomic E-state index is 13.5. The van der Waals surface area contributed by atoms with Crippen LogP contribution in [0.25, 0.3) is 0 Å². The summed E-state index contributed by atoms with van der Waals surface area (Å²) in [6, 6.07) is 7.95. The van der Waals surface area contributed by atoms with E-state index >= 15 is 0 Å². The van der Waals surface area contributed by atoms with E-state index in [1.807, 2.05) is 30.5 Å². The van der Waals surface area contributed by atoms with Gasteiger partial charge in [0.25, 0.3) is 5.91 Å². The fourth-order valence-electron chi connectivity index (χ4n) is 4.79. The highest BCUT2D eigenvalue weighted by molar-refractivity contribution is 6.31. The Morgan fingerprint density at radius 3 is 2.53 bits per heavy atom. The number of unbranched alkanes of at least 4 members (excludes halogenated alkanes) is 1. The van der Waals surface area contributed by atoms with Crippen LogP contribution in [0.5, 0.6) is 0 Å². The van der Waals surface area contributed by atoms with Crippen molar-refractivity contribution in [3.05, 3.63) is 52.8 Å². The molecule has 1 N–H and O–H groups in total. The van der Waals surface area contributed by atoms with Crippen molar-refractivity contribution in [3.8, 4) is 0 Å². The summed E-state index contributed by atoms with van der Waals surface area (Å²) in [4.78, 5) is 15.6. The number of nitrogens with zero attached hydrogens (tertiary/aromatic N) is 3. The van der Waals surface area contributed by atoms with Gasteiger partial charge >= 0.3 is 0 Å². The second-order valence-electron chi connectivity index (χ2n) is 9.82. The number of hydrogen-bond acceptors (Lipinski definition) is 3. The summed E-state index contributed by atoms with van der Waals surface area (Å²) in [5, 5.41) is 8.87. The lowest BCUT2D eigenvalue weighted by atomic mass is 9.79. The van der Waals surface area contributed by atoms with Gasteiger partial charge in [0, 0.05) is 34.9 Å². The van der Waals surface area contributed by atoms with Crippen LogP contribution in [0.15, 0.2) is 36.7 Å². The zero-order chi connectivity index (χ0) is 21.9. The van der Waals surface area contributed by atoms with Crippen molar-refractivity contribution in [3.63, 3.8) is 0 Å². The number of amides is 1. The molecule has 164 valence electrons. The van der Waals surface area contributed by atoms with E-state index in [0.717, 1.165) is 37.8 Å². The quantitative estimate of drug-likeness (QED) is 0.661. The van der Waals surface area contributed by atoms with E-state index in [2.05, 4.69) is 49.9 Å². The number of benzene rings is 1. The van der Waals surface area contributed by atoms with E-state index in [4.69, 9.17) is 11.6 Å². The first-order valence-electron chi connectivity index (χ1n) is 11.0. The highest BCUT2D eigenvalue weighted by Gasteiger charge is 2.41. The summed E-state index contributed by atoms with van der Waals surface area (Å²) >= 11 is 6.28. The van der Waals surface area contributed by atoms with Crippen molar-refractivity contribution in [2.45, 2.75) is 84.0 Å². The smallest absolute Gasteiger partial charge is 0.257 e. The number of carbonyl (C=O) groups is 1. The van der Waals surface area contributed by atoms with Crippen molar-refractivity contribution in [2.75, 3.05) is 6.54 Å². The van der Waals surface area contributed by atoms with Gasteiger partial charge in [0.2, 0.25) is 0 Å². The Balaban J connectivity index is 1.80. The highest BCUT2D eigenvalue weighted by Crippen LogP contribution is 2.32. The summed E-state index contributed by atoms with van der Waals surface area (Å²) in [7, 11) is 0. The number of halogens is 1. The van der Waals surface area contributed by atoms with E-state index < -0.39 is 0 Å². The molecule has 5 nitrogen and oxygen atoms in total. The topological polar surface area (TPSA) is 50.2 Å². The van der Waals surface area contributed by atoms with Crippen LogP contribution in [0.2, 0.25) is 5.02 Å². The summed E-state index contributed by atoms with van der Waals surface area (Å²) in [5.74, 6) is 0.0763. The minimum absolute atomic E-state index is 0.00853. The Kier molecular flexibility index (Phi) is 6.93. The monoisotopic (exact) mass is 430 g/mol. The second-order valence-corrected chi connectivity index (χ2v) is 10.2. The van der Waals surface area contributed by atoms with Crippen molar-refractivity contribution < 1.29 is 4.79 Å². The average Bonchev–Trinajstić information content (AvgIpc) is 3.10. The van der Waals surface area contributed by atoms with Crippen molar-refractivity contribution in [2.24, 2.45) is 0 Å². The lowest BCUT2D eigenvalue weighted by Gasteiger charge is -2.49. The van der Waals surface area contributed by atoms with Crippen LogP contribution in [-0.4, -0.2) is 44.3 Å². The number of nitrogens with one attached hydrogen (secondary N) is 1. The van der Waals surface area contributed by atoms with Gasteiger partial charge in [0.15, 0.2) is 0 Å². The third-order valence-corrected chi connectivity index (χ3v) is 6.16. The second kappa shape index (κ2) is 9.11. The average molecular weight is 431 g/mol. The minimum atomic E-state index is -0.00853. The Morgan fingerprint density at radius 1 is 1.23 bits per heavy atom. The summed E-state index contributed by atoms with van der Waals surface area (Å²) < 4.78 is 1.79. The molecule has 1 aliphatic rings. The largest absolute Gasteiger partial charge is 0.335 e. The highest BCUT2D eigenvalue weighted by atomic mass is 35.5. The third-order valence-electron chi connectivity index (χ3n) is 5.79. The standard InChI is InChI=1S/C24H35ClN4O/c1-6-7-12-29(20-13-23(2,3)27-24(4,5)14-20)22(30)19-15-26-28(17-19)16-18-10-8-9-11-21(18)25/h8-11,15,17,20,27H,6-7,12-14,16H2,1-5H3. The molecule has 0 radical (unpaired) electrons. The molecule has 0 spiro atoms. The van der Waals surface area contributed by atoms with Crippen LogP contribution in [0.1, 0.15) is 76.2 Å². The molecule has 2 heterocycles. The van der Waals surface area contributed by atoms with Crippen molar-refractivity contribution in [1.29, 1.82) is 0 Å². The van der Waals surface area contributed by atoms with Gasteiger partial charge in [-0.1, -0.05) is 43.1 Å². The van der Waals surface area contributed by atoms with Gasteiger partial charge in [-0.15, -0.1) is 0 Å². The molecule has 3 rings (SSSR count). The Hall–Kier alpha value is -1.85. The van der Waals surface area contributed by atoms with Gasteiger partial charge < -0.3 is 10.2 Å². The van der Waals surface area contributed by atoms with E-state index in [-0.39, 0.29) is 23.0 Å². The Morgan fingerprint density at radius 2 is 1.90 bits per heavy atom. The normalized spacial score (nSPS) is 18.3. The van der Waals surface area contributed by atoms with Crippen LogP contribution < -0.4 is 5.32 Å². The molecule has 1 amide bonds. The van der Waals surface area contributed by atoms with Crippen molar-refractivity contribution in [1.82, 2.24) is 20.0 Å². The number of rotatable bonds is 7. The number of carbonyl (C=O) groups excluding carboxylic acids is 1. The molecule has 0 bridgehead atoms. The fourth-order valence-corrected chi connectivity index (χ4v) is 4.99. The van der Waals surface area contributed by atoms with Gasteiger partial charge in [-0.3, -0.25) is 9.48 Å². The first-order chi connectivity index (χ1) is 14.1. The third kappa shape index (κ3) is 5.64. The van der Waals surface area contributed by atoms with Crippen LogP contribution in [0.4, 0.5) is 0 Å². The molecule has 0 atom stereocenters. The summed E-state index contributed by atoms with van der Waals surface area (Å²) in [6.07, 6.45) is 7.49. The summed E-state index contributed by atoms with van der Waals surface area (Å²) in [5.41, 5.74) is 1.62. The van der Waals surface area contributed by atoms with E-state index in [1.54, 1.807) is 10.9 Å². The molecular weight excluding hydrogens is 396 g/mol. The van der Waals surface area contributed by atoms with Crippen molar-refractivity contribution >= 4 is 17.5 Å². The van der Waals surface area contributed by atoms with Crippen LogP contribution >= 0.6 is 11.6 Å². The maximum Gasteiger partial charge on any atom is 0.257 e. The molecule has 30 heavy (non-hydrogen) atoms. The predicted octanol–water partition coefficient (Wildman–Crippen LogP) is 5.14. The lowest BCUT2D eigenvalue weighted by Crippen LogP contribution is -2.62. The van der Waals surface area contributed by atoms with Gasteiger partial charge in [0.05, 0.1) is 18.3 Å². The van der Waals surface area contributed by atoms with Gasteiger partial charge in [-0.05, 0) is 58.6 Å². The molecule has 1 fully saturated rings. The van der Waals surface area contributed by atoms with E-state index in [1.165, 1.54) is 0 Å². The molecule has 1 aromatic carbocycles. The minimum Gasteiger partial charge on any atom is -0.335 e. The van der Waals surface area contributed by atoms with Gasteiger partial charge in [0.1, 0.15) is 0 Å². The van der Waals surface area contributed by atoms with Crippen LogP contribution in [-0.2, 0) is 6.54 Å². The maximum atomic E-state index is 13.5. The Labute approximate surface area is 185 Å². The molecule has 1 aromatic heterocycles. The molecule has 0 aliphatic carbocycles. The van der Waals surface area contributed by atoms with Crippen LogP contribution in [0, 0.1) is 0 Å². The number of hydrogen-bond donors (Lipinski definition) is 1. The zero-order valence-electron chi connectivity index (χ0n) is 18.9. The number of piperidine rings is 1. The SMILES string of the molecule is CCCCN(C(=O)c1cnn(Cc2ccccc2Cl)c1)C1CC(C)(C)NC(C)(C)C1. The van der Waals surface area contributed by atoms with Gasteiger partial charge in [-0.2, -0.15) is 5.10 Å².